The molecular weight excluding hydrogens is 279 g/mol. The third kappa shape index (κ3) is 2.99. The van der Waals surface area contributed by atoms with Gasteiger partial charge in [0.25, 0.3) is 0 Å². The Morgan fingerprint density at radius 1 is 1.53 bits per heavy atom. The predicted octanol–water partition coefficient (Wildman–Crippen LogP) is 2.20. The monoisotopic (exact) mass is 281 g/mol. The van der Waals surface area contributed by atoms with Crippen LogP contribution in [0.2, 0.25) is 0 Å². The summed E-state index contributed by atoms with van der Waals surface area (Å²) in [6.45, 7) is 0. The number of anilines is 1. The Balaban J connectivity index is 3.23. The van der Waals surface area contributed by atoms with Crippen molar-refractivity contribution in [3.8, 4) is 11.9 Å². The Morgan fingerprint density at radius 3 is 2.60 bits per heavy atom. The largest absolute Gasteiger partial charge is 0.574 e. The number of pyridine rings is 1. The van der Waals surface area contributed by atoms with Gasteiger partial charge in [-0.2, -0.15) is 10.2 Å². The van der Waals surface area contributed by atoms with Crippen LogP contribution < -0.4 is 10.5 Å². The van der Waals surface area contributed by atoms with Crippen LogP contribution in [0, 0.1) is 11.3 Å². The predicted molar refractivity (Wildman–Crippen MR) is 47.7 cm³/mol. The first-order valence-electron chi connectivity index (χ1n) is 3.45. The normalized spacial score (nSPS) is 10.9. The average Bonchev–Trinajstić information content (AvgIpc) is 1.99. The number of hydrogen-bond acceptors (Lipinski definition) is 4. The van der Waals surface area contributed by atoms with Crippen LogP contribution in [0.15, 0.2) is 10.5 Å². The molecule has 0 unspecified atom stereocenters. The molecule has 0 aliphatic carbocycles. The molecule has 0 aliphatic rings. The van der Waals surface area contributed by atoms with E-state index in [0.717, 1.165) is 0 Å². The van der Waals surface area contributed by atoms with E-state index < -0.39 is 12.2 Å². The molecule has 0 saturated carbocycles. The minimum absolute atomic E-state index is 0.0942. The highest BCUT2D eigenvalue weighted by Crippen LogP contribution is 2.30. The quantitative estimate of drug-likeness (QED) is 0.857. The van der Waals surface area contributed by atoms with Crippen molar-refractivity contribution >= 4 is 21.7 Å². The zero-order chi connectivity index (χ0) is 11.6. The van der Waals surface area contributed by atoms with Gasteiger partial charge < -0.3 is 10.5 Å². The van der Waals surface area contributed by atoms with Crippen molar-refractivity contribution in [2.45, 2.75) is 6.36 Å². The fourth-order valence-electron chi connectivity index (χ4n) is 0.794. The van der Waals surface area contributed by atoms with Crippen LogP contribution in [-0.4, -0.2) is 11.3 Å². The van der Waals surface area contributed by atoms with Crippen LogP contribution in [0.5, 0.6) is 5.88 Å². The third-order valence-electron chi connectivity index (χ3n) is 1.28. The van der Waals surface area contributed by atoms with E-state index in [0.29, 0.717) is 0 Å². The zero-order valence-corrected chi connectivity index (χ0v) is 8.56. The number of rotatable bonds is 1. The fourth-order valence-corrected chi connectivity index (χ4v) is 1.29. The molecular formula is C7H3BrF3N3O. The van der Waals surface area contributed by atoms with Crippen molar-refractivity contribution in [3.05, 3.63) is 16.1 Å². The van der Waals surface area contributed by atoms with E-state index >= 15 is 0 Å². The van der Waals surface area contributed by atoms with Crippen LogP contribution in [0.4, 0.5) is 19.0 Å². The molecule has 4 nitrogen and oxygen atoms in total. The summed E-state index contributed by atoms with van der Waals surface area (Å²) in [7, 11) is 0. The molecule has 0 fully saturated rings. The van der Waals surface area contributed by atoms with Crippen molar-refractivity contribution in [2.75, 3.05) is 5.73 Å². The zero-order valence-electron chi connectivity index (χ0n) is 6.97. The van der Waals surface area contributed by atoms with Gasteiger partial charge in [0.2, 0.25) is 5.88 Å². The average molecular weight is 282 g/mol. The number of ether oxygens (including phenoxy) is 1. The second-order valence-corrected chi connectivity index (χ2v) is 3.22. The van der Waals surface area contributed by atoms with E-state index in [1.807, 2.05) is 0 Å². The maximum atomic E-state index is 11.9. The Kier molecular flexibility index (Phi) is 3.04. The molecule has 1 aromatic rings. The Morgan fingerprint density at radius 2 is 2.13 bits per heavy atom. The topological polar surface area (TPSA) is 71.9 Å². The van der Waals surface area contributed by atoms with Gasteiger partial charge in [-0.3, -0.25) is 0 Å². The molecule has 15 heavy (non-hydrogen) atoms. The minimum Gasteiger partial charge on any atom is -0.386 e. The number of hydrogen-bond donors (Lipinski definition) is 1. The fraction of sp³-hybridized carbons (Fsp3) is 0.143. The Bertz CT molecular complexity index is 427. The maximum Gasteiger partial charge on any atom is 0.574 e. The van der Waals surface area contributed by atoms with Gasteiger partial charge >= 0.3 is 6.36 Å². The molecule has 8 heteroatoms. The molecule has 2 N–H and O–H groups in total. The van der Waals surface area contributed by atoms with Crippen molar-refractivity contribution < 1.29 is 17.9 Å². The smallest absolute Gasteiger partial charge is 0.386 e. The van der Waals surface area contributed by atoms with Gasteiger partial charge in [0, 0.05) is 4.47 Å². The summed E-state index contributed by atoms with van der Waals surface area (Å²) in [5.74, 6) is -1.04. The maximum absolute atomic E-state index is 11.9. The second-order valence-electron chi connectivity index (χ2n) is 2.37. The van der Waals surface area contributed by atoms with E-state index in [2.05, 4.69) is 25.7 Å². The summed E-state index contributed by atoms with van der Waals surface area (Å²) >= 11 is 2.88. The van der Waals surface area contributed by atoms with Crippen LogP contribution >= 0.6 is 15.9 Å². The van der Waals surface area contributed by atoms with Crippen LogP contribution in [0.25, 0.3) is 0 Å². The molecule has 0 aliphatic heterocycles. The number of aromatic nitrogens is 1. The van der Waals surface area contributed by atoms with Crippen molar-refractivity contribution in [1.29, 1.82) is 5.26 Å². The Hall–Kier alpha value is -1.49. The summed E-state index contributed by atoms with van der Waals surface area (Å²) in [6, 6.07) is 2.73. The summed E-state index contributed by atoms with van der Waals surface area (Å²) in [5, 5.41) is 8.58. The molecule has 0 saturated heterocycles. The third-order valence-corrected chi connectivity index (χ3v) is 1.91. The SMILES string of the molecule is N#Cc1c(Br)cc(N)nc1OC(F)(F)F. The Labute approximate surface area is 90.6 Å². The molecule has 1 rings (SSSR count). The lowest BCUT2D eigenvalue weighted by atomic mass is 10.3. The molecule has 0 atom stereocenters. The number of nitrogen functional groups attached to an aromatic ring is 1. The number of nitrogens with zero attached hydrogens (tertiary/aromatic N) is 2. The highest BCUT2D eigenvalue weighted by atomic mass is 79.9. The lowest BCUT2D eigenvalue weighted by Gasteiger charge is -2.10. The van der Waals surface area contributed by atoms with Crippen LogP contribution in [0.1, 0.15) is 5.56 Å². The molecule has 0 spiro atoms. The van der Waals surface area contributed by atoms with Gasteiger partial charge in [-0.25, -0.2) is 0 Å². The highest BCUT2D eigenvalue weighted by molar-refractivity contribution is 9.10. The molecule has 1 heterocycles. The van der Waals surface area contributed by atoms with E-state index in [1.165, 1.54) is 12.1 Å². The number of nitrogens with two attached hydrogens (primary N) is 1. The highest BCUT2D eigenvalue weighted by Gasteiger charge is 2.33. The first-order valence-corrected chi connectivity index (χ1v) is 4.24. The summed E-state index contributed by atoms with van der Waals surface area (Å²) in [6.07, 6.45) is -4.91. The molecule has 1 aromatic heterocycles. The minimum atomic E-state index is -4.91. The van der Waals surface area contributed by atoms with Crippen molar-refractivity contribution in [3.63, 3.8) is 0 Å². The number of nitriles is 1. The number of alkyl halides is 3. The van der Waals surface area contributed by atoms with Crippen molar-refractivity contribution in [2.24, 2.45) is 0 Å². The van der Waals surface area contributed by atoms with Gasteiger partial charge in [0.1, 0.15) is 17.5 Å². The van der Waals surface area contributed by atoms with E-state index in [4.69, 9.17) is 11.0 Å². The van der Waals surface area contributed by atoms with Gasteiger partial charge in [-0.15, -0.1) is 13.2 Å². The summed E-state index contributed by atoms with van der Waals surface area (Å²) < 4.78 is 39.3. The molecule has 80 valence electrons. The van der Waals surface area contributed by atoms with Gasteiger partial charge in [-0.1, -0.05) is 0 Å². The first-order chi connectivity index (χ1) is 6.83. The second kappa shape index (κ2) is 3.94. The molecule has 0 amide bonds. The lowest BCUT2D eigenvalue weighted by molar-refractivity contribution is -0.276. The van der Waals surface area contributed by atoms with E-state index in [-0.39, 0.29) is 15.9 Å². The molecule has 0 aromatic carbocycles. The van der Waals surface area contributed by atoms with Crippen LogP contribution in [-0.2, 0) is 0 Å². The van der Waals surface area contributed by atoms with Gasteiger partial charge in [-0.05, 0) is 22.0 Å². The molecule has 0 radical (unpaired) electrons. The standard InChI is InChI=1S/C7H3BrF3N3O/c8-4-1-5(13)14-6(3(4)2-12)15-7(9,10)11/h1H,(H2,13,14). The summed E-state index contributed by atoms with van der Waals surface area (Å²) in [4.78, 5) is 3.27. The van der Waals surface area contributed by atoms with Gasteiger partial charge in [0.15, 0.2) is 0 Å². The van der Waals surface area contributed by atoms with Crippen molar-refractivity contribution in [1.82, 2.24) is 4.98 Å². The lowest BCUT2D eigenvalue weighted by Crippen LogP contribution is -2.19. The van der Waals surface area contributed by atoms with Crippen LogP contribution in [0.3, 0.4) is 0 Å². The molecule has 0 bridgehead atoms. The summed E-state index contributed by atoms with van der Waals surface area (Å²) in [5.41, 5.74) is 4.84. The van der Waals surface area contributed by atoms with Gasteiger partial charge in [0.05, 0.1) is 0 Å². The van der Waals surface area contributed by atoms with E-state index in [1.54, 1.807) is 0 Å². The number of halogens is 4. The first kappa shape index (κ1) is 11.6. The van der Waals surface area contributed by atoms with E-state index in [9.17, 15) is 13.2 Å².